The van der Waals surface area contributed by atoms with Crippen LogP contribution in [0.4, 0.5) is 11.4 Å². The average Bonchev–Trinajstić information content (AvgIpc) is 2.61. The monoisotopic (exact) mass is 402 g/mol. The highest BCUT2D eigenvalue weighted by molar-refractivity contribution is 7.92. The van der Waals surface area contributed by atoms with Crippen molar-refractivity contribution < 1.29 is 13.2 Å². The van der Waals surface area contributed by atoms with Crippen LogP contribution in [0.1, 0.15) is 5.56 Å². The second kappa shape index (κ2) is 7.58. The number of benzene rings is 3. The zero-order valence-corrected chi connectivity index (χ0v) is 16.5. The molecular weight excluding hydrogens is 384 g/mol. The van der Waals surface area contributed by atoms with Crippen LogP contribution in [0.15, 0.2) is 60.7 Å². The van der Waals surface area contributed by atoms with Gasteiger partial charge in [0.2, 0.25) is 15.9 Å². The Morgan fingerprint density at radius 3 is 2.44 bits per heavy atom. The third-order valence-electron chi connectivity index (χ3n) is 4.23. The zero-order chi connectivity index (χ0) is 19.6. The van der Waals surface area contributed by atoms with Crippen molar-refractivity contribution in [1.29, 1.82) is 0 Å². The highest BCUT2D eigenvalue weighted by Crippen LogP contribution is 2.28. The van der Waals surface area contributed by atoms with Gasteiger partial charge in [-0.1, -0.05) is 48.0 Å². The number of rotatable bonds is 5. The van der Waals surface area contributed by atoms with E-state index in [9.17, 15) is 13.2 Å². The Morgan fingerprint density at radius 2 is 1.74 bits per heavy atom. The van der Waals surface area contributed by atoms with Crippen LogP contribution in [0.2, 0.25) is 5.02 Å². The first-order valence-corrected chi connectivity index (χ1v) is 10.5. The molecule has 0 saturated heterocycles. The van der Waals surface area contributed by atoms with Gasteiger partial charge >= 0.3 is 0 Å². The maximum atomic E-state index is 12.5. The van der Waals surface area contributed by atoms with Gasteiger partial charge in [0.05, 0.1) is 11.9 Å². The third-order valence-corrected chi connectivity index (χ3v) is 5.76. The predicted molar refractivity (Wildman–Crippen MR) is 111 cm³/mol. The maximum Gasteiger partial charge on any atom is 0.245 e. The molecule has 0 radical (unpaired) electrons. The number of nitrogens with one attached hydrogen (secondary N) is 1. The largest absolute Gasteiger partial charge is 0.324 e. The lowest BCUT2D eigenvalue weighted by molar-refractivity contribution is -0.114. The van der Waals surface area contributed by atoms with Crippen LogP contribution < -0.4 is 9.62 Å². The number of hydrogen-bond acceptors (Lipinski definition) is 3. The van der Waals surface area contributed by atoms with E-state index in [4.69, 9.17) is 11.6 Å². The Bertz CT molecular complexity index is 1110. The Hall–Kier alpha value is -2.57. The van der Waals surface area contributed by atoms with Crippen LogP contribution >= 0.6 is 11.6 Å². The molecule has 0 bridgehead atoms. The van der Waals surface area contributed by atoms with Gasteiger partial charge in [0.25, 0.3) is 0 Å². The molecule has 3 aromatic carbocycles. The summed E-state index contributed by atoms with van der Waals surface area (Å²) in [5.74, 6) is -0.435. The van der Waals surface area contributed by atoms with E-state index < -0.39 is 15.9 Å². The van der Waals surface area contributed by atoms with Crippen molar-refractivity contribution in [3.63, 3.8) is 0 Å². The summed E-state index contributed by atoms with van der Waals surface area (Å²) in [5.41, 5.74) is 1.59. The fourth-order valence-electron chi connectivity index (χ4n) is 2.85. The van der Waals surface area contributed by atoms with E-state index in [0.29, 0.717) is 22.0 Å². The molecule has 0 aliphatic rings. The number of nitrogens with zero attached hydrogens (tertiary/aromatic N) is 1. The average molecular weight is 403 g/mol. The molecule has 3 aromatic rings. The summed E-state index contributed by atoms with van der Waals surface area (Å²) < 4.78 is 25.6. The van der Waals surface area contributed by atoms with Crippen molar-refractivity contribution in [3.8, 4) is 0 Å². The molecule has 0 spiro atoms. The first kappa shape index (κ1) is 19.2. The number of carbonyl (C=O) groups is 1. The summed E-state index contributed by atoms with van der Waals surface area (Å²) in [6.07, 6.45) is 1.07. The van der Waals surface area contributed by atoms with Crippen molar-refractivity contribution in [2.24, 2.45) is 0 Å². The van der Waals surface area contributed by atoms with Crippen LogP contribution in [0.25, 0.3) is 10.8 Å². The Morgan fingerprint density at radius 1 is 1.04 bits per heavy atom. The molecule has 0 aromatic heterocycles. The Balaban J connectivity index is 1.85. The fourth-order valence-corrected chi connectivity index (χ4v) is 3.92. The van der Waals surface area contributed by atoms with Crippen molar-refractivity contribution in [1.82, 2.24) is 0 Å². The van der Waals surface area contributed by atoms with E-state index in [1.165, 1.54) is 0 Å². The molecular formula is C20H19ClN2O3S. The summed E-state index contributed by atoms with van der Waals surface area (Å²) in [7, 11) is -3.67. The molecule has 0 aliphatic heterocycles. The lowest BCUT2D eigenvalue weighted by atomic mass is 10.1. The summed E-state index contributed by atoms with van der Waals surface area (Å²) in [6.45, 7) is 1.38. The normalized spacial score (nSPS) is 11.4. The van der Waals surface area contributed by atoms with Crippen LogP contribution in [0.5, 0.6) is 0 Å². The number of sulfonamides is 1. The smallest absolute Gasteiger partial charge is 0.245 e. The number of fused-ring (bicyclic) bond motifs is 1. The fraction of sp³-hybridized carbons (Fsp3) is 0.150. The van der Waals surface area contributed by atoms with Gasteiger partial charge in [0, 0.05) is 10.7 Å². The molecule has 0 aliphatic carbocycles. The van der Waals surface area contributed by atoms with Gasteiger partial charge in [0.1, 0.15) is 6.54 Å². The van der Waals surface area contributed by atoms with Gasteiger partial charge in [-0.2, -0.15) is 0 Å². The van der Waals surface area contributed by atoms with E-state index >= 15 is 0 Å². The van der Waals surface area contributed by atoms with Crippen molar-refractivity contribution >= 4 is 49.7 Å². The summed E-state index contributed by atoms with van der Waals surface area (Å²) in [5, 5.41) is 5.25. The summed E-state index contributed by atoms with van der Waals surface area (Å²) in [6, 6.07) is 18.3. The minimum Gasteiger partial charge on any atom is -0.324 e. The van der Waals surface area contributed by atoms with Crippen molar-refractivity contribution in [2.75, 3.05) is 22.4 Å². The van der Waals surface area contributed by atoms with Crippen LogP contribution in [0.3, 0.4) is 0 Å². The molecule has 3 rings (SSSR count). The molecule has 5 nitrogen and oxygen atoms in total. The third kappa shape index (κ3) is 4.40. The van der Waals surface area contributed by atoms with Gasteiger partial charge in [-0.25, -0.2) is 8.42 Å². The second-order valence-corrected chi connectivity index (χ2v) is 8.58. The zero-order valence-electron chi connectivity index (χ0n) is 14.9. The van der Waals surface area contributed by atoms with Crippen molar-refractivity contribution in [3.05, 3.63) is 71.2 Å². The van der Waals surface area contributed by atoms with Gasteiger partial charge in [-0.15, -0.1) is 0 Å². The molecule has 0 atom stereocenters. The molecule has 0 saturated carbocycles. The van der Waals surface area contributed by atoms with Crippen LogP contribution in [-0.2, 0) is 14.8 Å². The highest BCUT2D eigenvalue weighted by Gasteiger charge is 2.23. The molecule has 0 heterocycles. The first-order chi connectivity index (χ1) is 12.8. The lowest BCUT2D eigenvalue weighted by Gasteiger charge is -2.24. The molecule has 140 valence electrons. The standard InChI is InChI=1S/C20H19ClN2O3S/c1-14-18(21)8-5-9-19(14)23(27(2,25)26)13-20(24)22-17-11-10-15-6-3-4-7-16(15)12-17/h3-12H,13H2,1-2H3,(H,22,24). The van der Waals surface area contributed by atoms with E-state index in [1.807, 2.05) is 36.4 Å². The molecule has 1 N–H and O–H groups in total. The number of anilines is 2. The predicted octanol–water partition coefficient (Wildman–Crippen LogP) is 4.21. The molecule has 1 amide bonds. The highest BCUT2D eigenvalue weighted by atomic mass is 35.5. The van der Waals surface area contributed by atoms with Gasteiger partial charge in [-0.05, 0) is 47.5 Å². The topological polar surface area (TPSA) is 66.5 Å². The van der Waals surface area contributed by atoms with E-state index in [2.05, 4.69) is 5.32 Å². The lowest BCUT2D eigenvalue weighted by Crippen LogP contribution is -2.37. The second-order valence-electron chi connectivity index (χ2n) is 6.26. The Labute approximate surface area is 163 Å². The Kier molecular flexibility index (Phi) is 5.39. The number of amides is 1. The van der Waals surface area contributed by atoms with Gasteiger partial charge in [-0.3, -0.25) is 9.10 Å². The number of halogens is 1. The quantitative estimate of drug-likeness (QED) is 0.695. The number of hydrogen-bond donors (Lipinski definition) is 1. The first-order valence-electron chi connectivity index (χ1n) is 8.27. The maximum absolute atomic E-state index is 12.5. The minimum absolute atomic E-state index is 0.340. The summed E-state index contributed by atoms with van der Waals surface area (Å²) >= 11 is 6.11. The van der Waals surface area contributed by atoms with E-state index in [-0.39, 0.29) is 6.54 Å². The van der Waals surface area contributed by atoms with Gasteiger partial charge < -0.3 is 5.32 Å². The molecule has 7 heteroatoms. The molecule has 0 fully saturated rings. The number of carbonyl (C=O) groups excluding carboxylic acids is 1. The molecule has 0 unspecified atom stereocenters. The van der Waals surface area contributed by atoms with Gasteiger partial charge in [0.15, 0.2) is 0 Å². The van der Waals surface area contributed by atoms with Crippen LogP contribution in [0, 0.1) is 6.92 Å². The van der Waals surface area contributed by atoms with Crippen LogP contribution in [-0.4, -0.2) is 27.1 Å². The van der Waals surface area contributed by atoms with Crippen molar-refractivity contribution in [2.45, 2.75) is 6.92 Å². The summed E-state index contributed by atoms with van der Waals surface area (Å²) in [4.78, 5) is 12.5. The SMILES string of the molecule is Cc1c(Cl)cccc1N(CC(=O)Nc1ccc2ccccc2c1)S(C)(=O)=O. The van der Waals surface area contributed by atoms with E-state index in [1.54, 1.807) is 31.2 Å². The molecule has 27 heavy (non-hydrogen) atoms. The van der Waals surface area contributed by atoms with E-state index in [0.717, 1.165) is 21.3 Å². The minimum atomic E-state index is -3.67.